The Morgan fingerprint density at radius 1 is 1.03 bits per heavy atom. The summed E-state index contributed by atoms with van der Waals surface area (Å²) in [5.41, 5.74) is 2.99. The van der Waals surface area contributed by atoms with Crippen molar-refractivity contribution >= 4 is 17.5 Å². The Morgan fingerprint density at radius 3 is 2.41 bits per heavy atom. The molecular weight excluding hydrogens is 406 g/mol. The average Bonchev–Trinajstić information content (AvgIpc) is 2.84. The zero-order valence-corrected chi connectivity index (χ0v) is 19.1. The number of ether oxygens (including phenoxy) is 1. The van der Waals surface area contributed by atoms with Gasteiger partial charge in [-0.25, -0.2) is 9.97 Å². The van der Waals surface area contributed by atoms with Crippen LogP contribution in [-0.2, 0) is 4.74 Å². The Kier molecular flexibility index (Phi) is 6.69. The molecule has 1 aromatic heterocycles. The molecule has 2 fully saturated rings. The molecule has 3 heterocycles. The molecule has 1 atom stereocenters. The van der Waals surface area contributed by atoms with E-state index in [-0.39, 0.29) is 17.7 Å². The van der Waals surface area contributed by atoms with Gasteiger partial charge >= 0.3 is 0 Å². The smallest absolute Gasteiger partial charge is 0.257 e. The first kappa shape index (κ1) is 22.2. The molecule has 8 heteroatoms. The van der Waals surface area contributed by atoms with Crippen LogP contribution < -0.4 is 4.90 Å². The van der Waals surface area contributed by atoms with Crippen LogP contribution in [0.25, 0.3) is 0 Å². The number of likely N-dealkylation sites (tertiary alicyclic amines) is 1. The predicted molar refractivity (Wildman–Crippen MR) is 122 cm³/mol. The Morgan fingerprint density at radius 2 is 1.75 bits per heavy atom. The van der Waals surface area contributed by atoms with Crippen molar-refractivity contribution in [3.05, 3.63) is 53.1 Å². The van der Waals surface area contributed by atoms with Crippen molar-refractivity contribution in [3.63, 3.8) is 0 Å². The second kappa shape index (κ2) is 9.65. The second-order valence-electron chi connectivity index (χ2n) is 8.66. The van der Waals surface area contributed by atoms with Crippen molar-refractivity contribution in [1.29, 1.82) is 0 Å². The highest BCUT2D eigenvalue weighted by molar-refractivity contribution is 5.95. The van der Waals surface area contributed by atoms with Crippen molar-refractivity contribution in [2.24, 2.45) is 0 Å². The number of carbonyl (C=O) groups excluding carboxylic acids is 2. The molecule has 170 valence electrons. The van der Waals surface area contributed by atoms with Crippen molar-refractivity contribution in [2.75, 3.05) is 58.4 Å². The van der Waals surface area contributed by atoms with Crippen LogP contribution in [0.2, 0.25) is 0 Å². The summed E-state index contributed by atoms with van der Waals surface area (Å²) in [6.07, 6.45) is 3.48. The van der Waals surface area contributed by atoms with Crippen molar-refractivity contribution in [3.8, 4) is 0 Å². The molecule has 1 aromatic carbocycles. The Hall–Kier alpha value is -3.00. The first-order chi connectivity index (χ1) is 15.4. The number of hydrogen-bond acceptors (Lipinski definition) is 6. The van der Waals surface area contributed by atoms with Crippen LogP contribution in [0.4, 0.5) is 5.69 Å². The standard InChI is InChI=1S/C24H31N5O3/c1-17-21(24(31)28-11-13-32-14-12-28)15-25-22(26-17)19-5-4-10-29(16-19)23(30)18-6-8-20(9-7-18)27(2)3/h6-9,15,19H,4-5,10-14,16H2,1-3H3/t19-/m0/s1. The highest BCUT2D eigenvalue weighted by Crippen LogP contribution is 2.26. The number of carbonyl (C=O) groups is 2. The Bertz CT molecular complexity index is 970. The molecule has 0 aliphatic carbocycles. The summed E-state index contributed by atoms with van der Waals surface area (Å²) in [6.45, 7) is 5.49. The van der Waals surface area contributed by atoms with Gasteiger partial charge < -0.3 is 19.4 Å². The highest BCUT2D eigenvalue weighted by atomic mass is 16.5. The molecular formula is C24H31N5O3. The lowest BCUT2D eigenvalue weighted by atomic mass is 9.96. The summed E-state index contributed by atoms with van der Waals surface area (Å²) in [5, 5.41) is 0. The quantitative estimate of drug-likeness (QED) is 0.731. The van der Waals surface area contributed by atoms with E-state index in [1.807, 2.05) is 55.1 Å². The van der Waals surface area contributed by atoms with Gasteiger partial charge in [-0.2, -0.15) is 0 Å². The largest absolute Gasteiger partial charge is 0.378 e. The summed E-state index contributed by atoms with van der Waals surface area (Å²) in [4.78, 5) is 40.8. The third-order valence-electron chi connectivity index (χ3n) is 6.23. The zero-order valence-electron chi connectivity index (χ0n) is 19.1. The van der Waals surface area contributed by atoms with Gasteiger partial charge in [0, 0.05) is 63.6 Å². The molecule has 4 rings (SSSR count). The van der Waals surface area contributed by atoms with Crippen LogP contribution in [0.5, 0.6) is 0 Å². The van der Waals surface area contributed by atoms with E-state index in [4.69, 9.17) is 4.74 Å². The molecule has 0 bridgehead atoms. The monoisotopic (exact) mass is 437 g/mol. The summed E-state index contributed by atoms with van der Waals surface area (Å²) in [6, 6.07) is 7.69. The number of morpholine rings is 1. The van der Waals surface area contributed by atoms with Crippen molar-refractivity contribution in [1.82, 2.24) is 19.8 Å². The minimum Gasteiger partial charge on any atom is -0.378 e. The number of aromatic nitrogens is 2. The van der Waals surface area contributed by atoms with Gasteiger partial charge in [0.25, 0.3) is 11.8 Å². The normalized spacial score (nSPS) is 19.0. The molecule has 0 saturated carbocycles. The molecule has 32 heavy (non-hydrogen) atoms. The predicted octanol–water partition coefficient (Wildman–Crippen LogP) is 2.34. The molecule has 2 amide bonds. The van der Waals surface area contributed by atoms with E-state index in [1.54, 1.807) is 11.1 Å². The Balaban J connectivity index is 1.45. The van der Waals surface area contributed by atoms with Gasteiger partial charge in [0.1, 0.15) is 5.82 Å². The Labute approximate surface area is 189 Å². The number of hydrogen-bond donors (Lipinski definition) is 0. The van der Waals surface area contributed by atoms with Gasteiger partial charge in [-0.3, -0.25) is 9.59 Å². The first-order valence-corrected chi connectivity index (χ1v) is 11.2. The first-order valence-electron chi connectivity index (χ1n) is 11.2. The topological polar surface area (TPSA) is 78.9 Å². The number of aryl methyl sites for hydroxylation is 1. The van der Waals surface area contributed by atoms with E-state index in [0.29, 0.717) is 55.5 Å². The molecule has 0 spiro atoms. The second-order valence-corrected chi connectivity index (χ2v) is 8.66. The fourth-order valence-electron chi connectivity index (χ4n) is 4.29. The van der Waals surface area contributed by atoms with Gasteiger partial charge in [-0.15, -0.1) is 0 Å². The van der Waals surface area contributed by atoms with Crippen LogP contribution >= 0.6 is 0 Å². The fourth-order valence-corrected chi connectivity index (χ4v) is 4.29. The van der Waals surface area contributed by atoms with Gasteiger partial charge in [0.15, 0.2) is 0 Å². The maximum absolute atomic E-state index is 13.1. The van der Waals surface area contributed by atoms with E-state index in [0.717, 1.165) is 25.1 Å². The van der Waals surface area contributed by atoms with Crippen molar-refractivity contribution < 1.29 is 14.3 Å². The molecule has 2 aliphatic heterocycles. The maximum Gasteiger partial charge on any atom is 0.257 e. The van der Waals surface area contributed by atoms with E-state index in [9.17, 15) is 9.59 Å². The maximum atomic E-state index is 13.1. The summed E-state index contributed by atoms with van der Waals surface area (Å²) in [7, 11) is 3.96. The SMILES string of the molecule is Cc1nc([C@H]2CCCN(C(=O)c3ccc(N(C)C)cc3)C2)ncc1C(=O)N1CCOCC1. The minimum atomic E-state index is -0.0426. The van der Waals surface area contributed by atoms with Gasteiger partial charge in [0.2, 0.25) is 0 Å². The number of piperidine rings is 1. The number of rotatable bonds is 4. The van der Waals surface area contributed by atoms with Crippen LogP contribution in [0.1, 0.15) is 51.0 Å². The minimum absolute atomic E-state index is 0.0378. The lowest BCUT2D eigenvalue weighted by Crippen LogP contribution is -2.41. The number of benzene rings is 1. The highest BCUT2D eigenvalue weighted by Gasteiger charge is 2.28. The van der Waals surface area contributed by atoms with Gasteiger partial charge in [-0.05, 0) is 44.0 Å². The number of anilines is 1. The number of nitrogens with zero attached hydrogens (tertiary/aromatic N) is 5. The van der Waals surface area contributed by atoms with Crippen LogP contribution in [0.3, 0.4) is 0 Å². The van der Waals surface area contributed by atoms with E-state index in [1.165, 1.54) is 0 Å². The summed E-state index contributed by atoms with van der Waals surface area (Å²) in [5.74, 6) is 0.774. The molecule has 0 unspecified atom stereocenters. The third-order valence-corrected chi connectivity index (χ3v) is 6.23. The average molecular weight is 438 g/mol. The zero-order chi connectivity index (χ0) is 22.7. The number of amides is 2. The molecule has 2 aliphatic rings. The molecule has 2 saturated heterocycles. The van der Waals surface area contributed by atoms with Crippen LogP contribution in [-0.4, -0.2) is 85.1 Å². The lowest BCUT2D eigenvalue weighted by molar-refractivity contribution is 0.0301. The molecule has 0 radical (unpaired) electrons. The van der Waals surface area contributed by atoms with E-state index in [2.05, 4.69) is 9.97 Å². The van der Waals surface area contributed by atoms with Gasteiger partial charge in [0.05, 0.1) is 24.5 Å². The van der Waals surface area contributed by atoms with Gasteiger partial charge in [-0.1, -0.05) is 0 Å². The molecule has 8 nitrogen and oxygen atoms in total. The molecule has 0 N–H and O–H groups in total. The van der Waals surface area contributed by atoms with Crippen LogP contribution in [0.15, 0.2) is 30.5 Å². The van der Waals surface area contributed by atoms with E-state index < -0.39 is 0 Å². The lowest BCUT2D eigenvalue weighted by Gasteiger charge is -2.32. The summed E-state index contributed by atoms with van der Waals surface area (Å²) < 4.78 is 5.33. The summed E-state index contributed by atoms with van der Waals surface area (Å²) >= 11 is 0. The molecule has 2 aromatic rings. The third kappa shape index (κ3) is 4.75. The fraction of sp³-hybridized carbons (Fsp3) is 0.500. The van der Waals surface area contributed by atoms with Crippen LogP contribution in [0, 0.1) is 6.92 Å². The van der Waals surface area contributed by atoms with E-state index >= 15 is 0 Å². The van der Waals surface area contributed by atoms with Crippen molar-refractivity contribution in [2.45, 2.75) is 25.7 Å².